The van der Waals surface area contributed by atoms with Crippen molar-refractivity contribution in [3.05, 3.63) is 29.0 Å². The van der Waals surface area contributed by atoms with Crippen molar-refractivity contribution in [1.29, 1.82) is 0 Å². The van der Waals surface area contributed by atoms with Crippen molar-refractivity contribution in [3.63, 3.8) is 0 Å². The standard InChI is InChI=1S/C15H18ClFN2O3/c1-22-15(21)10-4-6-19(7-5-10)9-14(20)18-13-3-2-11(16)8-12(13)17/h2-3,8,10H,4-7,9H2,1H3,(H,18,20). The number of rotatable bonds is 4. The minimum atomic E-state index is -0.565. The Balaban J connectivity index is 1.82. The van der Waals surface area contributed by atoms with Crippen molar-refractivity contribution in [2.75, 3.05) is 32.1 Å². The Hall–Kier alpha value is -1.66. The van der Waals surface area contributed by atoms with Crippen LogP contribution in [-0.4, -0.2) is 43.5 Å². The van der Waals surface area contributed by atoms with E-state index in [0.29, 0.717) is 25.9 Å². The van der Waals surface area contributed by atoms with Crippen molar-refractivity contribution in [3.8, 4) is 0 Å². The maximum Gasteiger partial charge on any atom is 0.308 e. The molecular weight excluding hydrogens is 311 g/mol. The first-order chi connectivity index (χ1) is 10.5. The van der Waals surface area contributed by atoms with Gasteiger partial charge >= 0.3 is 5.97 Å². The number of esters is 1. The van der Waals surface area contributed by atoms with E-state index in [1.54, 1.807) is 0 Å². The van der Waals surface area contributed by atoms with E-state index in [4.69, 9.17) is 16.3 Å². The highest BCUT2D eigenvalue weighted by Crippen LogP contribution is 2.20. The summed E-state index contributed by atoms with van der Waals surface area (Å²) < 4.78 is 18.3. The second-order valence-electron chi connectivity index (χ2n) is 5.25. The van der Waals surface area contributed by atoms with Gasteiger partial charge in [0.1, 0.15) is 5.82 Å². The van der Waals surface area contributed by atoms with Crippen LogP contribution >= 0.6 is 11.6 Å². The van der Waals surface area contributed by atoms with Gasteiger partial charge in [-0.25, -0.2) is 4.39 Å². The van der Waals surface area contributed by atoms with Crippen molar-refractivity contribution in [1.82, 2.24) is 4.90 Å². The van der Waals surface area contributed by atoms with Crippen molar-refractivity contribution in [2.24, 2.45) is 5.92 Å². The topological polar surface area (TPSA) is 58.6 Å². The second-order valence-corrected chi connectivity index (χ2v) is 5.68. The molecule has 1 saturated heterocycles. The van der Waals surface area contributed by atoms with Crippen molar-refractivity contribution < 1.29 is 18.7 Å². The summed E-state index contributed by atoms with van der Waals surface area (Å²) in [4.78, 5) is 25.3. The fourth-order valence-electron chi connectivity index (χ4n) is 2.48. The summed E-state index contributed by atoms with van der Waals surface area (Å²) in [5, 5.41) is 2.80. The molecule has 5 nitrogen and oxygen atoms in total. The van der Waals surface area contributed by atoms with Gasteiger partial charge in [-0.1, -0.05) is 11.6 Å². The number of ether oxygens (including phenoxy) is 1. The Morgan fingerprint density at radius 1 is 1.41 bits per heavy atom. The summed E-state index contributed by atoms with van der Waals surface area (Å²) in [6.07, 6.45) is 1.32. The molecule has 0 atom stereocenters. The van der Waals surface area contributed by atoms with Crippen LogP contribution in [0.25, 0.3) is 0 Å². The van der Waals surface area contributed by atoms with Gasteiger partial charge in [-0.3, -0.25) is 14.5 Å². The summed E-state index contributed by atoms with van der Waals surface area (Å²) in [6, 6.07) is 4.10. The van der Waals surface area contributed by atoms with Crippen LogP contribution in [0.4, 0.5) is 10.1 Å². The molecule has 0 aromatic heterocycles. The van der Waals surface area contributed by atoms with Gasteiger partial charge in [0.2, 0.25) is 5.91 Å². The number of halogens is 2. The van der Waals surface area contributed by atoms with Crippen molar-refractivity contribution >= 4 is 29.2 Å². The van der Waals surface area contributed by atoms with Gasteiger partial charge in [0.05, 0.1) is 25.3 Å². The van der Waals surface area contributed by atoms with Gasteiger partial charge in [0.15, 0.2) is 0 Å². The maximum atomic E-state index is 13.6. The summed E-state index contributed by atoms with van der Waals surface area (Å²) in [7, 11) is 1.38. The number of hydrogen-bond donors (Lipinski definition) is 1. The number of carbonyl (C=O) groups is 2. The molecule has 0 unspecified atom stereocenters. The normalized spacial score (nSPS) is 16.3. The summed E-state index contributed by atoms with van der Waals surface area (Å²) in [5.41, 5.74) is 0.110. The smallest absolute Gasteiger partial charge is 0.308 e. The molecule has 1 aromatic rings. The van der Waals surface area contributed by atoms with Crippen LogP contribution in [0.1, 0.15) is 12.8 Å². The van der Waals surface area contributed by atoms with E-state index >= 15 is 0 Å². The summed E-state index contributed by atoms with van der Waals surface area (Å²) in [5.74, 6) is -1.16. The minimum Gasteiger partial charge on any atom is -0.469 e. The first kappa shape index (κ1) is 16.7. The second kappa shape index (κ2) is 7.56. The Labute approximate surface area is 133 Å². The molecule has 2 rings (SSSR count). The van der Waals surface area contributed by atoms with Crippen LogP contribution in [-0.2, 0) is 14.3 Å². The molecule has 1 aromatic carbocycles. The van der Waals surface area contributed by atoms with Crippen LogP contribution in [0.3, 0.4) is 0 Å². The Morgan fingerprint density at radius 2 is 2.09 bits per heavy atom. The minimum absolute atomic E-state index is 0.0991. The Morgan fingerprint density at radius 3 is 2.68 bits per heavy atom. The quantitative estimate of drug-likeness (QED) is 0.862. The largest absolute Gasteiger partial charge is 0.469 e. The molecule has 0 radical (unpaired) electrons. The fourth-order valence-corrected chi connectivity index (χ4v) is 2.64. The number of anilines is 1. The molecular formula is C15H18ClFN2O3. The highest BCUT2D eigenvalue weighted by molar-refractivity contribution is 6.30. The fraction of sp³-hybridized carbons (Fsp3) is 0.467. The molecule has 1 heterocycles. The molecule has 1 fully saturated rings. The van der Waals surface area contributed by atoms with Gasteiger partial charge in [0.25, 0.3) is 0 Å². The zero-order chi connectivity index (χ0) is 16.1. The van der Waals surface area contributed by atoms with E-state index in [1.807, 2.05) is 4.90 Å². The van der Waals surface area contributed by atoms with E-state index in [9.17, 15) is 14.0 Å². The van der Waals surface area contributed by atoms with Crippen LogP contribution in [0.15, 0.2) is 18.2 Å². The number of likely N-dealkylation sites (tertiary alicyclic amines) is 1. The molecule has 22 heavy (non-hydrogen) atoms. The first-order valence-electron chi connectivity index (χ1n) is 7.04. The third kappa shape index (κ3) is 4.42. The average molecular weight is 329 g/mol. The van der Waals surface area contributed by atoms with Gasteiger partial charge in [-0.15, -0.1) is 0 Å². The number of carbonyl (C=O) groups excluding carboxylic acids is 2. The number of piperidine rings is 1. The predicted octanol–water partition coefficient (Wildman–Crippen LogP) is 2.30. The number of hydrogen-bond acceptors (Lipinski definition) is 4. The zero-order valence-corrected chi connectivity index (χ0v) is 13.0. The lowest BCUT2D eigenvalue weighted by atomic mass is 9.97. The molecule has 7 heteroatoms. The van der Waals surface area contributed by atoms with E-state index in [-0.39, 0.29) is 35.0 Å². The molecule has 0 aliphatic carbocycles. The Bertz CT molecular complexity index is 560. The molecule has 120 valence electrons. The Kier molecular flexibility index (Phi) is 5.74. The van der Waals surface area contributed by atoms with Crippen LogP contribution in [0, 0.1) is 11.7 Å². The molecule has 1 N–H and O–H groups in total. The first-order valence-corrected chi connectivity index (χ1v) is 7.42. The SMILES string of the molecule is COC(=O)C1CCN(CC(=O)Nc2ccc(Cl)cc2F)CC1. The number of nitrogens with one attached hydrogen (secondary N) is 1. The van der Waals surface area contributed by atoms with Gasteiger partial charge in [-0.05, 0) is 44.1 Å². The maximum absolute atomic E-state index is 13.6. The number of methoxy groups -OCH3 is 1. The third-order valence-corrected chi connectivity index (χ3v) is 3.93. The lowest BCUT2D eigenvalue weighted by Gasteiger charge is -2.29. The van der Waals surface area contributed by atoms with Gasteiger partial charge in [-0.2, -0.15) is 0 Å². The average Bonchev–Trinajstić information content (AvgIpc) is 2.50. The molecule has 0 spiro atoms. The summed E-state index contributed by atoms with van der Waals surface area (Å²) >= 11 is 5.66. The molecule has 1 aliphatic heterocycles. The van der Waals surface area contributed by atoms with Gasteiger partial charge < -0.3 is 10.1 Å². The summed E-state index contributed by atoms with van der Waals surface area (Å²) in [6.45, 7) is 1.43. The van der Waals surface area contributed by atoms with Crippen molar-refractivity contribution in [2.45, 2.75) is 12.8 Å². The third-order valence-electron chi connectivity index (χ3n) is 3.69. The van der Waals surface area contributed by atoms with E-state index < -0.39 is 5.82 Å². The highest BCUT2D eigenvalue weighted by Gasteiger charge is 2.26. The zero-order valence-electron chi connectivity index (χ0n) is 12.3. The van der Waals surface area contributed by atoms with E-state index in [2.05, 4.69) is 5.32 Å². The number of nitrogens with zero attached hydrogens (tertiary/aromatic N) is 1. The molecule has 0 bridgehead atoms. The molecule has 0 saturated carbocycles. The predicted molar refractivity (Wildman–Crippen MR) is 81.2 cm³/mol. The van der Waals surface area contributed by atoms with Crippen LogP contribution in [0.2, 0.25) is 5.02 Å². The lowest BCUT2D eigenvalue weighted by molar-refractivity contribution is -0.147. The lowest BCUT2D eigenvalue weighted by Crippen LogP contribution is -2.41. The van der Waals surface area contributed by atoms with E-state index in [0.717, 1.165) is 6.07 Å². The molecule has 1 amide bonds. The van der Waals surface area contributed by atoms with Gasteiger partial charge in [0, 0.05) is 5.02 Å². The van der Waals surface area contributed by atoms with Crippen LogP contribution < -0.4 is 5.32 Å². The number of amides is 1. The number of benzene rings is 1. The monoisotopic (exact) mass is 328 g/mol. The highest BCUT2D eigenvalue weighted by atomic mass is 35.5. The van der Waals surface area contributed by atoms with E-state index in [1.165, 1.54) is 19.2 Å². The molecule has 1 aliphatic rings. The van der Waals surface area contributed by atoms with Crippen LogP contribution in [0.5, 0.6) is 0 Å².